The van der Waals surface area contributed by atoms with Crippen LogP contribution in [0, 0.1) is 0 Å². The Labute approximate surface area is 111 Å². The summed E-state index contributed by atoms with van der Waals surface area (Å²) in [6.45, 7) is 1.47. The van der Waals surface area contributed by atoms with Gasteiger partial charge in [0, 0.05) is 19.2 Å². The molecule has 0 radical (unpaired) electrons. The van der Waals surface area contributed by atoms with Crippen LogP contribution in [0.25, 0.3) is 0 Å². The first-order valence-electron chi connectivity index (χ1n) is 6.45. The average Bonchev–Trinajstić information content (AvgIpc) is 3.08. The lowest BCUT2D eigenvalue weighted by Gasteiger charge is -2.20. The number of aromatic amines is 1. The van der Waals surface area contributed by atoms with Crippen molar-refractivity contribution in [3.8, 4) is 0 Å². The highest BCUT2D eigenvalue weighted by molar-refractivity contribution is 5.98. The van der Waals surface area contributed by atoms with E-state index in [-0.39, 0.29) is 5.91 Å². The number of hydrogen-bond donors (Lipinski definition) is 2. The number of amides is 1. The predicted molar refractivity (Wildman–Crippen MR) is 73.9 cm³/mol. The molecule has 0 bridgehead atoms. The van der Waals surface area contributed by atoms with Gasteiger partial charge in [0.25, 0.3) is 0 Å². The van der Waals surface area contributed by atoms with Gasteiger partial charge in [0.2, 0.25) is 5.91 Å². The number of hydrogen-bond acceptors (Lipinski definition) is 3. The lowest BCUT2D eigenvalue weighted by Crippen LogP contribution is -2.24. The molecule has 1 aromatic heterocycles. The first-order chi connectivity index (χ1) is 9.34. The maximum atomic E-state index is 11.8. The van der Waals surface area contributed by atoms with Crippen molar-refractivity contribution in [1.82, 2.24) is 9.97 Å². The minimum atomic E-state index is 0.204. The number of carbonyl (C=O) groups excluding carboxylic acids is 1. The Hall–Kier alpha value is -2.30. The number of aromatic nitrogens is 2. The van der Waals surface area contributed by atoms with Gasteiger partial charge in [-0.3, -0.25) is 4.79 Å². The maximum Gasteiger partial charge on any atom is 0.227 e. The first-order valence-corrected chi connectivity index (χ1v) is 6.45. The molecular formula is C14H16N4O. The highest BCUT2D eigenvalue weighted by Crippen LogP contribution is 2.29. The van der Waals surface area contributed by atoms with Crippen LogP contribution in [0.2, 0.25) is 0 Å². The van der Waals surface area contributed by atoms with E-state index in [0.717, 1.165) is 30.0 Å². The second-order valence-corrected chi connectivity index (χ2v) is 4.60. The second kappa shape index (κ2) is 5.14. The van der Waals surface area contributed by atoms with E-state index < -0.39 is 0 Å². The lowest BCUT2D eigenvalue weighted by molar-refractivity contribution is -0.117. The smallest absolute Gasteiger partial charge is 0.227 e. The molecule has 1 aliphatic heterocycles. The Morgan fingerprint density at radius 1 is 1.37 bits per heavy atom. The summed E-state index contributed by atoms with van der Waals surface area (Å²) in [5.41, 5.74) is 2.96. The van der Waals surface area contributed by atoms with Crippen LogP contribution in [0.5, 0.6) is 0 Å². The fraction of sp³-hybridized carbons (Fsp3) is 0.286. The molecule has 98 valence electrons. The van der Waals surface area contributed by atoms with E-state index in [0.29, 0.717) is 13.0 Å². The molecule has 2 N–H and O–H groups in total. The van der Waals surface area contributed by atoms with E-state index in [1.165, 1.54) is 0 Å². The first kappa shape index (κ1) is 11.8. The molecular weight excluding hydrogens is 240 g/mol. The summed E-state index contributed by atoms with van der Waals surface area (Å²) in [5.74, 6) is 0.204. The molecule has 0 unspecified atom stereocenters. The number of imidazole rings is 1. The summed E-state index contributed by atoms with van der Waals surface area (Å²) in [6, 6.07) is 7.91. The normalized spacial score (nSPS) is 14.9. The number of nitrogens with one attached hydrogen (secondary N) is 2. The van der Waals surface area contributed by atoms with E-state index in [2.05, 4.69) is 15.3 Å². The summed E-state index contributed by atoms with van der Waals surface area (Å²) < 4.78 is 0. The van der Waals surface area contributed by atoms with Crippen molar-refractivity contribution in [2.24, 2.45) is 0 Å². The third-order valence-corrected chi connectivity index (χ3v) is 3.29. The van der Waals surface area contributed by atoms with Crippen LogP contribution in [0.3, 0.4) is 0 Å². The fourth-order valence-corrected chi connectivity index (χ4v) is 2.33. The van der Waals surface area contributed by atoms with Crippen LogP contribution >= 0.6 is 0 Å². The number of H-pyrrole nitrogens is 1. The molecule has 1 aliphatic rings. The van der Waals surface area contributed by atoms with Crippen LogP contribution in [0.15, 0.2) is 36.8 Å². The minimum Gasteiger partial charge on any atom is -0.378 e. The van der Waals surface area contributed by atoms with Crippen LogP contribution in [-0.2, 0) is 11.3 Å². The van der Waals surface area contributed by atoms with Gasteiger partial charge in [-0.05, 0) is 18.6 Å². The Bertz CT molecular complexity index is 565. The van der Waals surface area contributed by atoms with Crippen molar-refractivity contribution >= 4 is 17.3 Å². The van der Waals surface area contributed by atoms with Crippen LogP contribution < -0.4 is 10.2 Å². The van der Waals surface area contributed by atoms with Gasteiger partial charge in [-0.15, -0.1) is 0 Å². The Morgan fingerprint density at radius 2 is 2.26 bits per heavy atom. The summed E-state index contributed by atoms with van der Waals surface area (Å²) in [6.07, 6.45) is 5.03. The SMILES string of the molecule is O=C1CCCN1c1ccccc1NCc1cnc[nH]1. The zero-order valence-corrected chi connectivity index (χ0v) is 10.6. The molecule has 5 heteroatoms. The second-order valence-electron chi connectivity index (χ2n) is 4.60. The van der Waals surface area contributed by atoms with Crippen LogP contribution in [0.4, 0.5) is 11.4 Å². The van der Waals surface area contributed by atoms with Gasteiger partial charge in [-0.2, -0.15) is 0 Å². The van der Waals surface area contributed by atoms with Gasteiger partial charge in [-0.1, -0.05) is 12.1 Å². The third-order valence-electron chi connectivity index (χ3n) is 3.29. The van der Waals surface area contributed by atoms with Gasteiger partial charge < -0.3 is 15.2 Å². The molecule has 2 heterocycles. The largest absolute Gasteiger partial charge is 0.378 e. The summed E-state index contributed by atoms with van der Waals surface area (Å²) in [5, 5.41) is 3.35. The number of carbonyl (C=O) groups is 1. The van der Waals surface area contributed by atoms with E-state index in [1.54, 1.807) is 12.5 Å². The van der Waals surface area contributed by atoms with E-state index >= 15 is 0 Å². The zero-order chi connectivity index (χ0) is 13.1. The molecule has 5 nitrogen and oxygen atoms in total. The number of para-hydroxylation sites is 2. The third kappa shape index (κ3) is 2.45. The zero-order valence-electron chi connectivity index (χ0n) is 10.6. The summed E-state index contributed by atoms with van der Waals surface area (Å²) >= 11 is 0. The number of rotatable bonds is 4. The molecule has 0 atom stereocenters. The van der Waals surface area contributed by atoms with Gasteiger partial charge in [0.05, 0.1) is 29.9 Å². The highest BCUT2D eigenvalue weighted by atomic mass is 16.2. The number of benzene rings is 1. The van der Waals surface area contributed by atoms with E-state index in [9.17, 15) is 4.79 Å². The Morgan fingerprint density at radius 3 is 3.00 bits per heavy atom. The molecule has 1 fully saturated rings. The van der Waals surface area contributed by atoms with Gasteiger partial charge in [0.1, 0.15) is 0 Å². The fourth-order valence-electron chi connectivity index (χ4n) is 2.33. The molecule has 19 heavy (non-hydrogen) atoms. The monoisotopic (exact) mass is 256 g/mol. The Balaban J connectivity index is 1.79. The van der Waals surface area contributed by atoms with E-state index in [1.807, 2.05) is 29.2 Å². The van der Waals surface area contributed by atoms with Gasteiger partial charge in [0.15, 0.2) is 0 Å². The standard InChI is InChI=1S/C14H16N4O/c19-14-6-3-7-18(14)13-5-2-1-4-12(13)16-9-11-8-15-10-17-11/h1-2,4-5,8,10,16H,3,6-7,9H2,(H,15,17). The van der Waals surface area contributed by atoms with Crippen LogP contribution in [0.1, 0.15) is 18.5 Å². The molecule has 0 saturated carbocycles. The van der Waals surface area contributed by atoms with Crippen molar-refractivity contribution in [1.29, 1.82) is 0 Å². The maximum absolute atomic E-state index is 11.8. The van der Waals surface area contributed by atoms with Crippen molar-refractivity contribution in [2.75, 3.05) is 16.8 Å². The molecule has 2 aromatic rings. The topological polar surface area (TPSA) is 61.0 Å². The van der Waals surface area contributed by atoms with Crippen molar-refractivity contribution in [2.45, 2.75) is 19.4 Å². The number of anilines is 2. The molecule has 0 aliphatic carbocycles. The molecule has 1 saturated heterocycles. The highest BCUT2D eigenvalue weighted by Gasteiger charge is 2.23. The summed E-state index contributed by atoms with van der Waals surface area (Å²) in [4.78, 5) is 20.7. The van der Waals surface area contributed by atoms with Crippen molar-refractivity contribution in [3.05, 3.63) is 42.5 Å². The molecule has 0 spiro atoms. The van der Waals surface area contributed by atoms with Crippen molar-refractivity contribution < 1.29 is 4.79 Å². The van der Waals surface area contributed by atoms with E-state index in [4.69, 9.17) is 0 Å². The lowest BCUT2D eigenvalue weighted by atomic mass is 10.2. The van der Waals surface area contributed by atoms with Crippen LogP contribution in [-0.4, -0.2) is 22.4 Å². The predicted octanol–water partition coefficient (Wildman–Crippen LogP) is 2.15. The minimum absolute atomic E-state index is 0.204. The van der Waals surface area contributed by atoms with Crippen molar-refractivity contribution in [3.63, 3.8) is 0 Å². The van der Waals surface area contributed by atoms with Gasteiger partial charge in [-0.25, -0.2) is 4.98 Å². The quantitative estimate of drug-likeness (QED) is 0.881. The average molecular weight is 256 g/mol. The summed E-state index contributed by atoms with van der Waals surface area (Å²) in [7, 11) is 0. The molecule has 3 rings (SSSR count). The molecule has 1 amide bonds. The Kier molecular flexibility index (Phi) is 3.18. The molecule has 1 aromatic carbocycles. The number of nitrogens with zero attached hydrogens (tertiary/aromatic N) is 2. The van der Waals surface area contributed by atoms with Gasteiger partial charge >= 0.3 is 0 Å².